The first-order valence-corrected chi connectivity index (χ1v) is 9.53. The second-order valence-electron chi connectivity index (χ2n) is 7.05. The molecule has 0 radical (unpaired) electrons. The van der Waals surface area contributed by atoms with Crippen LogP contribution in [0.5, 0.6) is 5.75 Å². The minimum absolute atomic E-state index is 0.0605. The molecule has 1 saturated heterocycles. The highest BCUT2D eigenvalue weighted by atomic mass is 16.5. The number of carbonyl (C=O) groups is 1. The van der Waals surface area contributed by atoms with Crippen molar-refractivity contribution in [3.63, 3.8) is 0 Å². The Morgan fingerprint density at radius 1 is 1.18 bits per heavy atom. The average Bonchev–Trinajstić information content (AvgIpc) is 3.32. The summed E-state index contributed by atoms with van der Waals surface area (Å²) in [6.07, 6.45) is 0.401. The third kappa shape index (κ3) is 3.76. The lowest BCUT2D eigenvalue weighted by Crippen LogP contribution is -2.24. The molecule has 1 amide bonds. The first-order valence-electron chi connectivity index (χ1n) is 9.53. The highest BCUT2D eigenvalue weighted by molar-refractivity contribution is 5.79. The van der Waals surface area contributed by atoms with Crippen molar-refractivity contribution in [1.82, 2.24) is 15.0 Å². The molecule has 3 aromatic rings. The number of para-hydroxylation sites is 1. The molecule has 2 heterocycles. The molecule has 1 fully saturated rings. The molecule has 0 N–H and O–H groups in total. The number of aromatic nitrogens is 2. The van der Waals surface area contributed by atoms with E-state index in [2.05, 4.69) is 41.3 Å². The van der Waals surface area contributed by atoms with Crippen molar-refractivity contribution >= 4 is 5.91 Å². The molecule has 2 aromatic carbocycles. The molecular weight excluding hydrogens is 354 g/mol. The molecule has 0 bridgehead atoms. The summed E-state index contributed by atoms with van der Waals surface area (Å²) in [5.41, 5.74) is 3.10. The van der Waals surface area contributed by atoms with Gasteiger partial charge in [0.05, 0.1) is 12.2 Å². The maximum Gasteiger partial charge on any atom is 0.261 e. The Bertz CT molecular complexity index is 965. The van der Waals surface area contributed by atoms with Gasteiger partial charge in [-0.3, -0.25) is 4.79 Å². The van der Waals surface area contributed by atoms with Crippen molar-refractivity contribution in [1.29, 1.82) is 0 Å². The second kappa shape index (κ2) is 7.84. The molecule has 1 aliphatic rings. The van der Waals surface area contributed by atoms with Crippen molar-refractivity contribution in [2.24, 2.45) is 0 Å². The monoisotopic (exact) mass is 377 g/mol. The number of hydrogen-bond donors (Lipinski definition) is 0. The fourth-order valence-corrected chi connectivity index (χ4v) is 3.45. The molecule has 1 aromatic heterocycles. The van der Waals surface area contributed by atoms with Crippen LogP contribution in [0.4, 0.5) is 0 Å². The smallest absolute Gasteiger partial charge is 0.261 e. The summed E-state index contributed by atoms with van der Waals surface area (Å²) in [5, 5.41) is 4.14. The number of rotatable bonds is 6. The van der Waals surface area contributed by atoms with Crippen LogP contribution in [0.2, 0.25) is 0 Å². The molecule has 0 saturated carbocycles. The number of benzene rings is 2. The standard InChI is InChI=1S/C22H23N3O3/c1-3-27-19-7-5-4-6-18(19)22-23-21(24-28-22)17-12-20(26)25(14-17)13-16-10-8-15(2)9-11-16/h4-11,17H,3,12-14H2,1-2H3. The van der Waals surface area contributed by atoms with Crippen molar-refractivity contribution in [3.05, 3.63) is 65.5 Å². The zero-order chi connectivity index (χ0) is 19.5. The van der Waals surface area contributed by atoms with E-state index in [0.29, 0.717) is 43.6 Å². The zero-order valence-electron chi connectivity index (χ0n) is 16.1. The minimum Gasteiger partial charge on any atom is -0.493 e. The van der Waals surface area contributed by atoms with E-state index in [1.807, 2.05) is 36.1 Å². The van der Waals surface area contributed by atoms with Crippen LogP contribution < -0.4 is 4.74 Å². The lowest BCUT2D eigenvalue weighted by Gasteiger charge is -2.16. The highest BCUT2D eigenvalue weighted by Crippen LogP contribution is 2.32. The Morgan fingerprint density at radius 3 is 2.75 bits per heavy atom. The van der Waals surface area contributed by atoms with Crippen molar-refractivity contribution in [2.45, 2.75) is 32.7 Å². The molecule has 144 valence electrons. The topological polar surface area (TPSA) is 68.5 Å². The third-order valence-electron chi connectivity index (χ3n) is 4.93. The van der Waals surface area contributed by atoms with E-state index in [-0.39, 0.29) is 11.8 Å². The summed E-state index contributed by atoms with van der Waals surface area (Å²) < 4.78 is 11.1. The van der Waals surface area contributed by atoms with E-state index in [0.717, 1.165) is 11.1 Å². The van der Waals surface area contributed by atoms with Crippen molar-refractivity contribution in [3.8, 4) is 17.2 Å². The van der Waals surface area contributed by atoms with Crippen LogP contribution in [0.15, 0.2) is 53.1 Å². The quantitative estimate of drug-likeness (QED) is 0.650. The van der Waals surface area contributed by atoms with Crippen LogP contribution in [0.3, 0.4) is 0 Å². The first-order chi connectivity index (χ1) is 13.6. The molecule has 28 heavy (non-hydrogen) atoms. The summed E-state index contributed by atoms with van der Waals surface area (Å²) in [6, 6.07) is 15.8. The van der Waals surface area contributed by atoms with Crippen LogP contribution in [-0.4, -0.2) is 34.1 Å². The van der Waals surface area contributed by atoms with Crippen LogP contribution >= 0.6 is 0 Å². The van der Waals surface area contributed by atoms with Gasteiger partial charge in [-0.15, -0.1) is 0 Å². The maximum atomic E-state index is 12.5. The molecule has 0 spiro atoms. The number of ether oxygens (including phenoxy) is 1. The van der Waals surface area contributed by atoms with Gasteiger partial charge in [-0.05, 0) is 31.5 Å². The summed E-state index contributed by atoms with van der Waals surface area (Å²) >= 11 is 0. The van der Waals surface area contributed by atoms with Crippen molar-refractivity contribution in [2.75, 3.05) is 13.2 Å². The Hall–Kier alpha value is -3.15. The summed E-state index contributed by atoms with van der Waals surface area (Å²) in [4.78, 5) is 18.9. The highest BCUT2D eigenvalue weighted by Gasteiger charge is 2.34. The third-order valence-corrected chi connectivity index (χ3v) is 4.93. The largest absolute Gasteiger partial charge is 0.493 e. The number of amides is 1. The average molecular weight is 377 g/mol. The lowest BCUT2D eigenvalue weighted by molar-refractivity contribution is -0.128. The predicted octanol–water partition coefficient (Wildman–Crippen LogP) is 3.96. The molecule has 6 nitrogen and oxygen atoms in total. The molecule has 4 rings (SSSR count). The predicted molar refractivity (Wildman–Crippen MR) is 105 cm³/mol. The molecule has 1 atom stereocenters. The molecule has 1 unspecified atom stereocenters. The van der Waals surface area contributed by atoms with Crippen LogP contribution in [0.25, 0.3) is 11.5 Å². The SMILES string of the molecule is CCOc1ccccc1-c1nc(C2CC(=O)N(Cc3ccc(C)cc3)C2)no1. The van der Waals surface area contributed by atoms with Gasteiger partial charge >= 0.3 is 0 Å². The van der Waals surface area contributed by atoms with Gasteiger partial charge in [0.2, 0.25) is 5.91 Å². The number of aryl methyl sites for hydroxylation is 1. The zero-order valence-corrected chi connectivity index (χ0v) is 16.1. The van der Waals surface area contributed by atoms with E-state index >= 15 is 0 Å². The van der Waals surface area contributed by atoms with Gasteiger partial charge in [-0.25, -0.2) is 0 Å². The van der Waals surface area contributed by atoms with Crippen LogP contribution in [-0.2, 0) is 11.3 Å². The van der Waals surface area contributed by atoms with E-state index in [9.17, 15) is 4.79 Å². The molecule has 1 aliphatic heterocycles. The van der Waals surface area contributed by atoms with E-state index in [1.54, 1.807) is 0 Å². The van der Waals surface area contributed by atoms with Gasteiger partial charge in [0.25, 0.3) is 5.89 Å². The molecular formula is C22H23N3O3. The number of carbonyl (C=O) groups excluding carboxylic acids is 1. The lowest BCUT2D eigenvalue weighted by atomic mass is 10.1. The van der Waals surface area contributed by atoms with E-state index in [4.69, 9.17) is 9.26 Å². The maximum absolute atomic E-state index is 12.5. The number of hydrogen-bond acceptors (Lipinski definition) is 5. The second-order valence-corrected chi connectivity index (χ2v) is 7.05. The summed E-state index contributed by atoms with van der Waals surface area (Å²) in [6.45, 7) is 5.75. The van der Waals surface area contributed by atoms with E-state index in [1.165, 1.54) is 5.56 Å². The molecule has 0 aliphatic carbocycles. The Kier molecular flexibility index (Phi) is 5.10. The van der Waals surface area contributed by atoms with E-state index < -0.39 is 0 Å². The first kappa shape index (κ1) is 18.2. The van der Waals surface area contributed by atoms with Gasteiger partial charge < -0.3 is 14.2 Å². The van der Waals surface area contributed by atoms with Gasteiger partial charge in [0.15, 0.2) is 5.82 Å². The van der Waals surface area contributed by atoms with Gasteiger partial charge in [-0.2, -0.15) is 4.98 Å². The molecule has 6 heteroatoms. The number of likely N-dealkylation sites (tertiary alicyclic amines) is 1. The number of nitrogens with zero attached hydrogens (tertiary/aromatic N) is 3. The van der Waals surface area contributed by atoms with Crippen LogP contribution in [0.1, 0.15) is 36.2 Å². The Balaban J connectivity index is 1.49. The summed E-state index contributed by atoms with van der Waals surface area (Å²) in [7, 11) is 0. The van der Waals surface area contributed by atoms with Gasteiger partial charge in [-0.1, -0.05) is 47.1 Å². The van der Waals surface area contributed by atoms with Crippen molar-refractivity contribution < 1.29 is 14.1 Å². The minimum atomic E-state index is -0.0605. The fourth-order valence-electron chi connectivity index (χ4n) is 3.45. The van der Waals surface area contributed by atoms with Gasteiger partial charge in [0.1, 0.15) is 5.75 Å². The fraction of sp³-hybridized carbons (Fsp3) is 0.318. The summed E-state index contributed by atoms with van der Waals surface area (Å²) in [5.74, 6) is 1.76. The normalized spacial score (nSPS) is 16.6. The Morgan fingerprint density at radius 2 is 1.96 bits per heavy atom. The van der Waals surface area contributed by atoms with Gasteiger partial charge in [0, 0.05) is 25.4 Å². The van der Waals surface area contributed by atoms with Crippen LogP contribution in [0, 0.1) is 6.92 Å². The Labute approximate surface area is 164 Å².